The maximum atomic E-state index is 4.20. The van der Waals surface area contributed by atoms with Crippen molar-refractivity contribution in [2.75, 3.05) is 6.54 Å². The summed E-state index contributed by atoms with van der Waals surface area (Å²) in [6.45, 7) is 3.09. The lowest BCUT2D eigenvalue weighted by Crippen LogP contribution is -2.21. The molecule has 2 aromatic heterocycles. The molecule has 0 bridgehead atoms. The van der Waals surface area contributed by atoms with Crippen LogP contribution in [0.25, 0.3) is 10.8 Å². The van der Waals surface area contributed by atoms with Gasteiger partial charge in [-0.2, -0.15) is 0 Å². The number of hydrogen-bond donors (Lipinski definition) is 1. The van der Waals surface area contributed by atoms with Gasteiger partial charge in [-0.25, -0.2) is 0 Å². The van der Waals surface area contributed by atoms with E-state index in [1.165, 1.54) is 21.2 Å². The molecule has 0 aliphatic carbocycles. The van der Waals surface area contributed by atoms with Crippen LogP contribution in [0.1, 0.15) is 23.4 Å². The summed E-state index contributed by atoms with van der Waals surface area (Å²) in [5, 5.41) is 8.18. The molecule has 1 unspecified atom stereocenters. The van der Waals surface area contributed by atoms with Gasteiger partial charge < -0.3 is 5.32 Å². The zero-order chi connectivity index (χ0) is 13.1. The van der Waals surface area contributed by atoms with Gasteiger partial charge in [-0.05, 0) is 35.0 Å². The molecule has 0 amide bonds. The lowest BCUT2D eigenvalue weighted by atomic mass is 9.99. The van der Waals surface area contributed by atoms with Crippen molar-refractivity contribution < 1.29 is 0 Å². The van der Waals surface area contributed by atoms with Crippen LogP contribution in [-0.4, -0.2) is 11.5 Å². The Kier molecular flexibility index (Phi) is 3.58. The Balaban J connectivity index is 2.15. The first-order valence-corrected chi connectivity index (χ1v) is 7.37. The van der Waals surface area contributed by atoms with Crippen molar-refractivity contribution in [1.29, 1.82) is 0 Å². The van der Waals surface area contributed by atoms with Gasteiger partial charge in [0.05, 0.1) is 6.04 Å². The lowest BCUT2D eigenvalue weighted by molar-refractivity contribution is 0.643. The number of fused-ring (bicyclic) bond motifs is 1. The van der Waals surface area contributed by atoms with E-state index in [9.17, 15) is 0 Å². The highest BCUT2D eigenvalue weighted by Crippen LogP contribution is 2.30. The summed E-state index contributed by atoms with van der Waals surface area (Å²) in [6, 6.07) is 13.1. The summed E-state index contributed by atoms with van der Waals surface area (Å²) in [5.41, 5.74) is 1.32. The standard InChI is InChI=1S/C16H16N2S/c1-2-18-16(15-7-4-10-19-15)14-6-3-5-12-11-17-9-8-13(12)14/h3-11,16,18H,2H2,1H3. The predicted octanol–water partition coefficient (Wildman–Crippen LogP) is 4.00. The summed E-state index contributed by atoms with van der Waals surface area (Å²) in [5.74, 6) is 0. The molecule has 0 saturated heterocycles. The van der Waals surface area contributed by atoms with Crippen LogP contribution in [-0.2, 0) is 0 Å². The van der Waals surface area contributed by atoms with Crippen molar-refractivity contribution in [3.8, 4) is 0 Å². The van der Waals surface area contributed by atoms with Crippen LogP contribution in [0.4, 0.5) is 0 Å². The topological polar surface area (TPSA) is 24.9 Å². The van der Waals surface area contributed by atoms with Crippen LogP contribution in [0.5, 0.6) is 0 Å². The van der Waals surface area contributed by atoms with Crippen LogP contribution >= 0.6 is 11.3 Å². The fourth-order valence-electron chi connectivity index (χ4n) is 2.42. The maximum Gasteiger partial charge on any atom is 0.0677 e. The molecule has 3 aromatic rings. The normalized spacial score (nSPS) is 12.7. The molecule has 0 radical (unpaired) electrons. The molecule has 0 fully saturated rings. The Labute approximate surface area is 117 Å². The molecule has 19 heavy (non-hydrogen) atoms. The summed E-state index contributed by atoms with van der Waals surface area (Å²) in [7, 11) is 0. The highest BCUT2D eigenvalue weighted by atomic mass is 32.1. The molecule has 0 spiro atoms. The summed E-state index contributed by atoms with van der Waals surface area (Å²) in [4.78, 5) is 5.56. The van der Waals surface area contributed by atoms with Crippen LogP contribution in [0.15, 0.2) is 54.2 Å². The van der Waals surface area contributed by atoms with Gasteiger partial charge in [0, 0.05) is 22.7 Å². The van der Waals surface area contributed by atoms with E-state index in [1.807, 2.05) is 12.4 Å². The van der Waals surface area contributed by atoms with Crippen LogP contribution in [0, 0.1) is 0 Å². The molecule has 96 valence electrons. The zero-order valence-corrected chi connectivity index (χ0v) is 11.7. The van der Waals surface area contributed by atoms with E-state index in [-0.39, 0.29) is 6.04 Å². The van der Waals surface area contributed by atoms with Crippen LogP contribution in [0.2, 0.25) is 0 Å². The van der Waals surface area contributed by atoms with Crippen LogP contribution in [0.3, 0.4) is 0 Å². The van der Waals surface area contributed by atoms with Gasteiger partial charge in [-0.1, -0.05) is 31.2 Å². The smallest absolute Gasteiger partial charge is 0.0677 e. The van der Waals surface area contributed by atoms with Crippen molar-refractivity contribution in [2.45, 2.75) is 13.0 Å². The minimum atomic E-state index is 0.260. The van der Waals surface area contributed by atoms with Crippen molar-refractivity contribution in [3.63, 3.8) is 0 Å². The Morgan fingerprint density at radius 2 is 2.16 bits per heavy atom. The van der Waals surface area contributed by atoms with Gasteiger partial charge in [-0.15, -0.1) is 11.3 Å². The SMILES string of the molecule is CCNC(c1cccs1)c1cccc2cnccc12. The molecule has 0 aliphatic heterocycles. The van der Waals surface area contributed by atoms with Gasteiger partial charge in [0.15, 0.2) is 0 Å². The minimum Gasteiger partial charge on any atom is -0.306 e. The van der Waals surface area contributed by atoms with E-state index in [0.717, 1.165) is 6.54 Å². The zero-order valence-electron chi connectivity index (χ0n) is 10.8. The Morgan fingerprint density at radius 3 is 2.95 bits per heavy atom. The van der Waals surface area contributed by atoms with E-state index >= 15 is 0 Å². The number of nitrogens with zero attached hydrogens (tertiary/aromatic N) is 1. The molecule has 2 heterocycles. The molecule has 2 nitrogen and oxygen atoms in total. The number of benzene rings is 1. The second kappa shape index (κ2) is 5.51. The number of pyridine rings is 1. The largest absolute Gasteiger partial charge is 0.306 e. The van der Waals surface area contributed by atoms with Gasteiger partial charge >= 0.3 is 0 Å². The summed E-state index contributed by atoms with van der Waals surface area (Å²) >= 11 is 1.80. The van der Waals surface area contributed by atoms with Gasteiger partial charge in [0.2, 0.25) is 0 Å². The summed E-state index contributed by atoms with van der Waals surface area (Å²) < 4.78 is 0. The van der Waals surface area contributed by atoms with Gasteiger partial charge in [-0.3, -0.25) is 4.98 Å². The van der Waals surface area contributed by atoms with Gasteiger partial charge in [0.1, 0.15) is 0 Å². The van der Waals surface area contributed by atoms with Crippen molar-refractivity contribution in [3.05, 3.63) is 64.6 Å². The molecular formula is C16H16N2S. The first-order valence-electron chi connectivity index (χ1n) is 6.49. The van der Waals surface area contributed by atoms with E-state index in [2.05, 4.69) is 59.0 Å². The van der Waals surface area contributed by atoms with Crippen molar-refractivity contribution in [2.24, 2.45) is 0 Å². The first kappa shape index (κ1) is 12.3. The van der Waals surface area contributed by atoms with E-state index in [0.29, 0.717) is 0 Å². The maximum absolute atomic E-state index is 4.20. The fourth-order valence-corrected chi connectivity index (χ4v) is 3.24. The molecule has 1 aromatic carbocycles. The Morgan fingerprint density at radius 1 is 1.21 bits per heavy atom. The number of aromatic nitrogens is 1. The number of rotatable bonds is 4. The van der Waals surface area contributed by atoms with E-state index in [4.69, 9.17) is 0 Å². The fraction of sp³-hybridized carbons (Fsp3) is 0.188. The van der Waals surface area contributed by atoms with E-state index < -0.39 is 0 Å². The lowest BCUT2D eigenvalue weighted by Gasteiger charge is -2.19. The third-order valence-corrected chi connectivity index (χ3v) is 4.20. The number of hydrogen-bond acceptors (Lipinski definition) is 3. The number of thiophene rings is 1. The minimum absolute atomic E-state index is 0.260. The Hall–Kier alpha value is -1.71. The second-order valence-corrected chi connectivity index (χ2v) is 5.43. The third-order valence-electron chi connectivity index (χ3n) is 3.26. The number of nitrogens with one attached hydrogen (secondary N) is 1. The predicted molar refractivity (Wildman–Crippen MR) is 81.6 cm³/mol. The summed E-state index contributed by atoms with van der Waals surface area (Å²) in [6.07, 6.45) is 3.79. The molecule has 0 saturated carbocycles. The van der Waals surface area contributed by atoms with Crippen molar-refractivity contribution >= 4 is 22.1 Å². The monoisotopic (exact) mass is 268 g/mol. The van der Waals surface area contributed by atoms with E-state index in [1.54, 1.807) is 11.3 Å². The molecule has 3 heteroatoms. The average Bonchev–Trinajstić information content (AvgIpc) is 2.98. The molecule has 1 atom stereocenters. The Bertz CT molecular complexity index is 656. The molecule has 3 rings (SSSR count). The van der Waals surface area contributed by atoms with Crippen LogP contribution < -0.4 is 5.32 Å². The highest BCUT2D eigenvalue weighted by molar-refractivity contribution is 7.10. The quantitative estimate of drug-likeness (QED) is 0.773. The molecular weight excluding hydrogens is 252 g/mol. The average molecular weight is 268 g/mol. The van der Waals surface area contributed by atoms with Crippen molar-refractivity contribution in [1.82, 2.24) is 10.3 Å². The molecule has 0 aliphatic rings. The van der Waals surface area contributed by atoms with Gasteiger partial charge in [0.25, 0.3) is 0 Å². The first-order chi connectivity index (χ1) is 9.40. The molecule has 1 N–H and O–H groups in total. The highest BCUT2D eigenvalue weighted by Gasteiger charge is 2.16. The third kappa shape index (κ3) is 2.39. The second-order valence-electron chi connectivity index (χ2n) is 4.45.